The van der Waals surface area contributed by atoms with E-state index in [4.69, 9.17) is 0 Å². The largest absolute Gasteiger partial charge is 0.311 e. The van der Waals surface area contributed by atoms with Crippen molar-refractivity contribution >= 4 is 12.4 Å². The van der Waals surface area contributed by atoms with Crippen molar-refractivity contribution in [2.24, 2.45) is 5.92 Å². The fourth-order valence-electron chi connectivity index (χ4n) is 1.98. The molecule has 1 saturated heterocycles. The minimum atomic E-state index is 0. The number of nitrogens with zero attached hydrogens (tertiary/aromatic N) is 1. The standard InChI is InChI=1S/C10H20N2.ClH/c1-8-6-12(7-10-3-4-10)9(2)5-11-8;/h8-11H,3-7H2,1-2H3;1H/t8-,9+;/m1./s1. The Balaban J connectivity index is 0.000000845. The van der Waals surface area contributed by atoms with Crippen LogP contribution >= 0.6 is 12.4 Å². The summed E-state index contributed by atoms with van der Waals surface area (Å²) in [5.74, 6) is 1.04. The molecule has 0 unspecified atom stereocenters. The maximum atomic E-state index is 3.51. The van der Waals surface area contributed by atoms with Crippen LogP contribution in [0.2, 0.25) is 0 Å². The second-order valence-electron chi connectivity index (χ2n) is 4.56. The second kappa shape index (κ2) is 4.63. The lowest BCUT2D eigenvalue weighted by Crippen LogP contribution is -2.54. The Labute approximate surface area is 87.5 Å². The normalized spacial score (nSPS) is 35.5. The van der Waals surface area contributed by atoms with Crippen LogP contribution in [-0.2, 0) is 0 Å². The van der Waals surface area contributed by atoms with Gasteiger partial charge in [0.15, 0.2) is 0 Å². The maximum Gasteiger partial charge on any atom is 0.0193 e. The van der Waals surface area contributed by atoms with Gasteiger partial charge in [-0.1, -0.05) is 0 Å². The van der Waals surface area contributed by atoms with Crippen molar-refractivity contribution in [1.82, 2.24) is 10.2 Å². The number of halogens is 1. The topological polar surface area (TPSA) is 15.3 Å². The maximum absolute atomic E-state index is 3.51. The third-order valence-electron chi connectivity index (χ3n) is 3.08. The molecule has 2 fully saturated rings. The zero-order chi connectivity index (χ0) is 8.55. The van der Waals surface area contributed by atoms with Crippen molar-refractivity contribution in [2.45, 2.75) is 38.8 Å². The summed E-state index contributed by atoms with van der Waals surface area (Å²) in [6, 6.07) is 1.45. The van der Waals surface area contributed by atoms with Gasteiger partial charge < -0.3 is 5.32 Å². The first-order valence-electron chi connectivity index (χ1n) is 5.23. The minimum Gasteiger partial charge on any atom is -0.311 e. The number of rotatable bonds is 2. The molecule has 1 aliphatic heterocycles. The van der Waals surface area contributed by atoms with Crippen molar-refractivity contribution in [3.8, 4) is 0 Å². The van der Waals surface area contributed by atoms with E-state index in [0.29, 0.717) is 6.04 Å². The average molecular weight is 205 g/mol. The van der Waals surface area contributed by atoms with Gasteiger partial charge in [0.2, 0.25) is 0 Å². The van der Waals surface area contributed by atoms with Crippen LogP contribution in [0.4, 0.5) is 0 Å². The van der Waals surface area contributed by atoms with Gasteiger partial charge in [-0.15, -0.1) is 12.4 Å². The smallest absolute Gasteiger partial charge is 0.0193 e. The minimum absolute atomic E-state index is 0. The molecule has 3 heteroatoms. The van der Waals surface area contributed by atoms with Crippen LogP contribution < -0.4 is 5.32 Å². The summed E-state index contributed by atoms with van der Waals surface area (Å²) in [6.45, 7) is 8.39. The van der Waals surface area contributed by atoms with E-state index in [2.05, 4.69) is 24.1 Å². The average Bonchev–Trinajstić information content (AvgIpc) is 2.81. The molecule has 2 rings (SSSR count). The van der Waals surface area contributed by atoms with Gasteiger partial charge in [-0.25, -0.2) is 0 Å². The number of hydrogen-bond donors (Lipinski definition) is 1. The molecule has 0 radical (unpaired) electrons. The van der Waals surface area contributed by atoms with Gasteiger partial charge >= 0.3 is 0 Å². The summed E-state index contributed by atoms with van der Waals surface area (Å²) in [6.07, 6.45) is 2.95. The Bertz CT molecular complexity index is 157. The van der Waals surface area contributed by atoms with Gasteiger partial charge in [0.1, 0.15) is 0 Å². The van der Waals surface area contributed by atoms with Gasteiger partial charge in [-0.2, -0.15) is 0 Å². The van der Waals surface area contributed by atoms with Crippen molar-refractivity contribution in [3.63, 3.8) is 0 Å². The Hall–Kier alpha value is 0.210. The highest BCUT2D eigenvalue weighted by Crippen LogP contribution is 2.30. The first-order chi connectivity index (χ1) is 5.75. The lowest BCUT2D eigenvalue weighted by molar-refractivity contribution is 0.140. The van der Waals surface area contributed by atoms with Crippen molar-refractivity contribution in [1.29, 1.82) is 0 Å². The Morgan fingerprint density at radius 1 is 1.31 bits per heavy atom. The van der Waals surface area contributed by atoms with Gasteiger partial charge in [-0.3, -0.25) is 4.90 Å². The van der Waals surface area contributed by atoms with Crippen LogP contribution in [0.5, 0.6) is 0 Å². The summed E-state index contributed by atoms with van der Waals surface area (Å²) in [5.41, 5.74) is 0. The van der Waals surface area contributed by atoms with E-state index in [0.717, 1.165) is 12.0 Å². The second-order valence-corrected chi connectivity index (χ2v) is 4.56. The lowest BCUT2D eigenvalue weighted by atomic mass is 10.1. The molecule has 2 aliphatic rings. The molecule has 78 valence electrons. The zero-order valence-electron chi connectivity index (χ0n) is 8.62. The monoisotopic (exact) mass is 204 g/mol. The molecule has 0 aromatic rings. The van der Waals surface area contributed by atoms with Crippen molar-refractivity contribution < 1.29 is 0 Å². The molecule has 1 N–H and O–H groups in total. The summed E-state index contributed by atoms with van der Waals surface area (Å²) in [5, 5.41) is 3.51. The first kappa shape index (κ1) is 11.3. The summed E-state index contributed by atoms with van der Waals surface area (Å²) < 4.78 is 0. The molecule has 0 bridgehead atoms. The fraction of sp³-hybridized carbons (Fsp3) is 1.00. The van der Waals surface area contributed by atoms with E-state index < -0.39 is 0 Å². The highest BCUT2D eigenvalue weighted by Gasteiger charge is 2.29. The van der Waals surface area contributed by atoms with Gasteiger partial charge in [0.25, 0.3) is 0 Å². The molecule has 1 aliphatic carbocycles. The zero-order valence-corrected chi connectivity index (χ0v) is 9.44. The van der Waals surface area contributed by atoms with Crippen LogP contribution in [0.25, 0.3) is 0 Å². The summed E-state index contributed by atoms with van der Waals surface area (Å²) in [4.78, 5) is 2.65. The molecule has 1 saturated carbocycles. The van der Waals surface area contributed by atoms with E-state index >= 15 is 0 Å². The lowest BCUT2D eigenvalue weighted by Gasteiger charge is -2.37. The molecule has 2 atom stereocenters. The predicted molar refractivity (Wildman–Crippen MR) is 58.5 cm³/mol. The molecule has 1 heterocycles. The Morgan fingerprint density at radius 3 is 2.62 bits per heavy atom. The van der Waals surface area contributed by atoms with E-state index in [1.54, 1.807) is 0 Å². The molecular weight excluding hydrogens is 184 g/mol. The third kappa shape index (κ3) is 3.12. The van der Waals surface area contributed by atoms with Crippen molar-refractivity contribution in [2.75, 3.05) is 19.6 Å². The van der Waals surface area contributed by atoms with Crippen molar-refractivity contribution in [3.05, 3.63) is 0 Å². The molecular formula is C10H21ClN2. The first-order valence-corrected chi connectivity index (χ1v) is 5.23. The van der Waals surface area contributed by atoms with Crippen LogP contribution in [0.3, 0.4) is 0 Å². The molecule has 0 spiro atoms. The quantitative estimate of drug-likeness (QED) is 0.734. The van der Waals surface area contributed by atoms with E-state index in [1.807, 2.05) is 0 Å². The third-order valence-corrected chi connectivity index (χ3v) is 3.08. The fourth-order valence-corrected chi connectivity index (χ4v) is 1.98. The van der Waals surface area contributed by atoms with Gasteiger partial charge in [0.05, 0.1) is 0 Å². The van der Waals surface area contributed by atoms with Gasteiger partial charge in [-0.05, 0) is 32.6 Å². The number of nitrogens with one attached hydrogen (secondary N) is 1. The van der Waals surface area contributed by atoms with Crippen LogP contribution in [0.1, 0.15) is 26.7 Å². The van der Waals surface area contributed by atoms with Crippen LogP contribution in [0, 0.1) is 5.92 Å². The highest BCUT2D eigenvalue weighted by atomic mass is 35.5. The summed E-state index contributed by atoms with van der Waals surface area (Å²) in [7, 11) is 0. The molecule has 13 heavy (non-hydrogen) atoms. The van der Waals surface area contributed by atoms with E-state index in [1.165, 1.54) is 32.5 Å². The highest BCUT2D eigenvalue weighted by molar-refractivity contribution is 5.85. The van der Waals surface area contributed by atoms with E-state index in [9.17, 15) is 0 Å². The molecule has 0 amide bonds. The van der Waals surface area contributed by atoms with E-state index in [-0.39, 0.29) is 12.4 Å². The summed E-state index contributed by atoms with van der Waals surface area (Å²) >= 11 is 0. The Morgan fingerprint density at radius 2 is 2.00 bits per heavy atom. The molecule has 0 aromatic carbocycles. The predicted octanol–water partition coefficient (Wildman–Crippen LogP) is 1.50. The number of piperazine rings is 1. The van der Waals surface area contributed by atoms with Crippen LogP contribution in [0.15, 0.2) is 0 Å². The number of hydrogen-bond acceptors (Lipinski definition) is 2. The molecule has 0 aromatic heterocycles. The van der Waals surface area contributed by atoms with Gasteiger partial charge in [0, 0.05) is 31.7 Å². The Kier molecular flexibility index (Phi) is 4.02. The SMILES string of the molecule is C[C@@H]1CN(CC2CC2)[C@@H](C)CN1.Cl. The van der Waals surface area contributed by atoms with Crippen LogP contribution in [-0.4, -0.2) is 36.6 Å². The molecule has 2 nitrogen and oxygen atoms in total.